The molecule has 3 aliphatic rings. The fraction of sp³-hybridized carbons (Fsp3) is 0.684. The number of hydrogen-bond acceptors (Lipinski definition) is 5. The molecular formula is C19H26N2O4. The van der Waals surface area contributed by atoms with Gasteiger partial charge in [-0.25, -0.2) is 0 Å². The third-order valence-electron chi connectivity index (χ3n) is 5.61. The maximum atomic E-state index is 12.7. The third-order valence-corrected chi connectivity index (χ3v) is 5.61. The molecule has 4 rings (SSSR count). The Morgan fingerprint density at radius 2 is 2.12 bits per heavy atom. The number of nitrogens with zero attached hydrogens (tertiary/aromatic N) is 2. The van der Waals surface area contributed by atoms with Crippen molar-refractivity contribution in [2.45, 2.75) is 44.0 Å². The van der Waals surface area contributed by atoms with Gasteiger partial charge in [0.1, 0.15) is 0 Å². The lowest BCUT2D eigenvalue weighted by atomic mass is 9.97. The molecule has 0 unspecified atom stereocenters. The van der Waals surface area contributed by atoms with Crippen molar-refractivity contribution in [1.29, 1.82) is 0 Å². The van der Waals surface area contributed by atoms with Crippen LogP contribution in [0, 0.1) is 5.92 Å². The SMILES string of the molecule is O=C(C1CCOCC1)N1CC[C@]2(C[C@@H](OCc3ccncc3)CO2)C1. The molecular weight excluding hydrogens is 320 g/mol. The Morgan fingerprint density at radius 1 is 1.32 bits per heavy atom. The van der Waals surface area contributed by atoms with E-state index in [1.165, 1.54) is 0 Å². The summed E-state index contributed by atoms with van der Waals surface area (Å²) in [6.45, 7) is 4.11. The number of likely N-dealkylation sites (tertiary alicyclic amines) is 1. The molecule has 2 atom stereocenters. The Hall–Kier alpha value is -1.50. The minimum atomic E-state index is -0.205. The van der Waals surface area contributed by atoms with E-state index < -0.39 is 0 Å². The molecule has 1 spiro atoms. The molecule has 0 aromatic carbocycles. The maximum absolute atomic E-state index is 12.7. The summed E-state index contributed by atoms with van der Waals surface area (Å²) in [6.07, 6.45) is 7.14. The molecule has 0 aliphatic carbocycles. The Kier molecular flexibility index (Phi) is 5.01. The average molecular weight is 346 g/mol. The molecule has 0 saturated carbocycles. The minimum Gasteiger partial charge on any atom is -0.381 e. The van der Waals surface area contributed by atoms with E-state index in [2.05, 4.69) is 4.98 Å². The number of hydrogen-bond donors (Lipinski definition) is 0. The number of carbonyl (C=O) groups is 1. The average Bonchev–Trinajstić information content (AvgIpc) is 3.28. The molecule has 6 nitrogen and oxygen atoms in total. The van der Waals surface area contributed by atoms with Crippen LogP contribution < -0.4 is 0 Å². The summed E-state index contributed by atoms with van der Waals surface area (Å²) in [7, 11) is 0. The van der Waals surface area contributed by atoms with Crippen LogP contribution in [0.3, 0.4) is 0 Å². The van der Waals surface area contributed by atoms with E-state index in [0.29, 0.717) is 33.0 Å². The zero-order valence-corrected chi connectivity index (χ0v) is 14.6. The first kappa shape index (κ1) is 16.9. The van der Waals surface area contributed by atoms with Crippen LogP contribution in [0.1, 0.15) is 31.2 Å². The van der Waals surface area contributed by atoms with Gasteiger partial charge in [0.15, 0.2) is 0 Å². The van der Waals surface area contributed by atoms with Crippen LogP contribution >= 0.6 is 0 Å². The van der Waals surface area contributed by atoms with E-state index in [1.807, 2.05) is 17.0 Å². The second-order valence-corrected chi connectivity index (χ2v) is 7.38. The van der Waals surface area contributed by atoms with Gasteiger partial charge in [-0.2, -0.15) is 0 Å². The van der Waals surface area contributed by atoms with Gasteiger partial charge in [-0.15, -0.1) is 0 Å². The van der Waals surface area contributed by atoms with Gasteiger partial charge in [0.05, 0.1) is 24.9 Å². The van der Waals surface area contributed by atoms with Gasteiger partial charge in [0, 0.05) is 51.0 Å². The molecule has 6 heteroatoms. The van der Waals surface area contributed by atoms with Crippen LogP contribution in [-0.4, -0.2) is 60.4 Å². The Labute approximate surface area is 148 Å². The fourth-order valence-electron chi connectivity index (χ4n) is 4.12. The first-order chi connectivity index (χ1) is 12.2. The second-order valence-electron chi connectivity index (χ2n) is 7.38. The van der Waals surface area contributed by atoms with Gasteiger partial charge in [-0.1, -0.05) is 0 Å². The van der Waals surface area contributed by atoms with Gasteiger partial charge in [0.2, 0.25) is 5.91 Å². The molecule has 0 N–H and O–H groups in total. The highest BCUT2D eigenvalue weighted by molar-refractivity contribution is 5.79. The van der Waals surface area contributed by atoms with E-state index in [4.69, 9.17) is 14.2 Å². The number of amides is 1. The highest BCUT2D eigenvalue weighted by atomic mass is 16.6. The molecule has 1 amide bonds. The summed E-state index contributed by atoms with van der Waals surface area (Å²) < 4.78 is 17.5. The van der Waals surface area contributed by atoms with Crippen molar-refractivity contribution in [3.63, 3.8) is 0 Å². The minimum absolute atomic E-state index is 0.103. The molecule has 3 aliphatic heterocycles. The van der Waals surface area contributed by atoms with E-state index in [9.17, 15) is 4.79 Å². The molecule has 0 bridgehead atoms. The van der Waals surface area contributed by atoms with Crippen molar-refractivity contribution in [2.24, 2.45) is 5.92 Å². The van der Waals surface area contributed by atoms with Crippen LogP contribution in [0.5, 0.6) is 0 Å². The van der Waals surface area contributed by atoms with Crippen molar-refractivity contribution in [2.75, 3.05) is 32.9 Å². The fourth-order valence-corrected chi connectivity index (χ4v) is 4.12. The summed E-state index contributed by atoms with van der Waals surface area (Å²) in [6, 6.07) is 3.94. The van der Waals surface area contributed by atoms with E-state index in [0.717, 1.165) is 37.8 Å². The van der Waals surface area contributed by atoms with Crippen LogP contribution in [0.2, 0.25) is 0 Å². The number of aromatic nitrogens is 1. The number of rotatable bonds is 4. The van der Waals surface area contributed by atoms with E-state index >= 15 is 0 Å². The quantitative estimate of drug-likeness (QED) is 0.832. The zero-order chi connectivity index (χ0) is 17.1. The Bertz CT molecular complexity index is 590. The molecule has 0 radical (unpaired) electrons. The molecule has 3 saturated heterocycles. The molecule has 1 aromatic heterocycles. The van der Waals surface area contributed by atoms with Crippen molar-refractivity contribution in [1.82, 2.24) is 9.88 Å². The molecule has 3 fully saturated rings. The third kappa shape index (κ3) is 3.86. The first-order valence-corrected chi connectivity index (χ1v) is 9.25. The summed E-state index contributed by atoms with van der Waals surface area (Å²) in [4.78, 5) is 18.7. The van der Waals surface area contributed by atoms with Gasteiger partial charge < -0.3 is 19.1 Å². The zero-order valence-electron chi connectivity index (χ0n) is 14.6. The van der Waals surface area contributed by atoms with Gasteiger partial charge in [-0.3, -0.25) is 9.78 Å². The van der Waals surface area contributed by atoms with E-state index in [-0.39, 0.29) is 23.5 Å². The normalized spacial score (nSPS) is 30.2. The van der Waals surface area contributed by atoms with Gasteiger partial charge in [-0.05, 0) is 37.0 Å². The van der Waals surface area contributed by atoms with Crippen LogP contribution in [0.4, 0.5) is 0 Å². The molecule has 1 aromatic rings. The van der Waals surface area contributed by atoms with Crippen molar-refractivity contribution >= 4 is 5.91 Å². The largest absolute Gasteiger partial charge is 0.381 e. The lowest BCUT2D eigenvalue weighted by molar-refractivity contribution is -0.138. The topological polar surface area (TPSA) is 60.9 Å². The highest BCUT2D eigenvalue weighted by Crippen LogP contribution is 2.37. The van der Waals surface area contributed by atoms with Gasteiger partial charge in [0.25, 0.3) is 0 Å². The summed E-state index contributed by atoms with van der Waals surface area (Å²) in [5, 5.41) is 0. The summed E-state index contributed by atoms with van der Waals surface area (Å²) in [5.41, 5.74) is 0.919. The number of ether oxygens (including phenoxy) is 3. The maximum Gasteiger partial charge on any atom is 0.225 e. The predicted molar refractivity (Wildman–Crippen MR) is 90.9 cm³/mol. The van der Waals surface area contributed by atoms with E-state index in [1.54, 1.807) is 12.4 Å². The highest BCUT2D eigenvalue weighted by Gasteiger charge is 2.47. The Morgan fingerprint density at radius 3 is 2.92 bits per heavy atom. The summed E-state index contributed by atoms with van der Waals surface area (Å²) >= 11 is 0. The number of carbonyl (C=O) groups excluding carboxylic acids is 1. The van der Waals surface area contributed by atoms with Crippen LogP contribution in [0.25, 0.3) is 0 Å². The van der Waals surface area contributed by atoms with Crippen molar-refractivity contribution in [3.05, 3.63) is 30.1 Å². The van der Waals surface area contributed by atoms with Gasteiger partial charge >= 0.3 is 0 Å². The lowest BCUT2D eigenvalue weighted by Crippen LogP contribution is -2.40. The van der Waals surface area contributed by atoms with Crippen LogP contribution in [0.15, 0.2) is 24.5 Å². The van der Waals surface area contributed by atoms with Crippen molar-refractivity contribution in [3.8, 4) is 0 Å². The monoisotopic (exact) mass is 346 g/mol. The Balaban J connectivity index is 1.28. The molecule has 25 heavy (non-hydrogen) atoms. The molecule has 136 valence electrons. The molecule has 4 heterocycles. The first-order valence-electron chi connectivity index (χ1n) is 9.25. The second kappa shape index (κ2) is 7.40. The smallest absolute Gasteiger partial charge is 0.225 e. The summed E-state index contributed by atoms with van der Waals surface area (Å²) in [5.74, 6) is 0.411. The van der Waals surface area contributed by atoms with Crippen LogP contribution in [-0.2, 0) is 25.6 Å². The standard InChI is InChI=1S/C19H26N2O4/c22-18(16-3-9-23-10-4-16)21-8-5-19(14-21)11-17(13-25-19)24-12-15-1-6-20-7-2-15/h1-2,6-7,16-17H,3-5,8-14H2/t17-,19+/m1/s1. The predicted octanol–water partition coefficient (Wildman–Crippen LogP) is 1.78. The number of pyridine rings is 1. The lowest BCUT2D eigenvalue weighted by Gasteiger charge is -2.28. The van der Waals surface area contributed by atoms with Crippen molar-refractivity contribution < 1.29 is 19.0 Å².